The Morgan fingerprint density at radius 1 is 0.906 bits per heavy atom. The van der Waals surface area contributed by atoms with Crippen LogP contribution in [0, 0.1) is 0 Å². The summed E-state index contributed by atoms with van der Waals surface area (Å²) in [6.45, 7) is 3.32. The third-order valence-corrected chi connectivity index (χ3v) is 5.29. The van der Waals surface area contributed by atoms with E-state index < -0.39 is 23.9 Å². The molecule has 2 aromatic rings. The lowest BCUT2D eigenvalue weighted by Gasteiger charge is -2.32. The zero-order valence-corrected chi connectivity index (χ0v) is 18.2. The third-order valence-electron chi connectivity index (χ3n) is 5.29. The van der Waals surface area contributed by atoms with Gasteiger partial charge < -0.3 is 14.8 Å². The number of allylic oxidation sites excluding steroid dienone is 1. The minimum absolute atomic E-state index is 0.173. The molecule has 1 aliphatic heterocycles. The molecular formula is C24H24N2O6. The van der Waals surface area contributed by atoms with Crippen LogP contribution in [0.3, 0.4) is 0 Å². The van der Waals surface area contributed by atoms with E-state index in [-0.39, 0.29) is 16.8 Å². The fraction of sp³-hybridized carbons (Fsp3) is 0.208. The molecule has 0 radical (unpaired) electrons. The number of hydrogen-bond donors (Lipinski definition) is 2. The monoisotopic (exact) mass is 436 g/mol. The van der Waals surface area contributed by atoms with Crippen molar-refractivity contribution in [3.63, 3.8) is 0 Å². The number of dihydropyridines is 1. The predicted molar refractivity (Wildman–Crippen MR) is 117 cm³/mol. The summed E-state index contributed by atoms with van der Waals surface area (Å²) in [6.07, 6.45) is 0. The SMILES string of the molecule is COC(=O)C1=C(C)NC(c2ccccc2N(O)C(=O)c2ccccc2)C(C(=O)OC)=C1C. The summed E-state index contributed by atoms with van der Waals surface area (Å²) in [5.74, 6) is -1.87. The van der Waals surface area contributed by atoms with Gasteiger partial charge in [0.05, 0.1) is 37.1 Å². The number of nitrogens with zero attached hydrogens (tertiary/aromatic N) is 1. The molecular weight excluding hydrogens is 412 g/mol. The number of carbonyl (C=O) groups excluding carboxylic acids is 3. The maximum absolute atomic E-state index is 12.8. The van der Waals surface area contributed by atoms with Gasteiger partial charge in [-0.3, -0.25) is 10.0 Å². The highest BCUT2D eigenvalue weighted by atomic mass is 16.5. The molecule has 0 aromatic heterocycles. The summed E-state index contributed by atoms with van der Waals surface area (Å²) in [7, 11) is 2.50. The minimum Gasteiger partial charge on any atom is -0.466 e. The number of rotatable bonds is 5. The molecule has 0 spiro atoms. The molecule has 8 nitrogen and oxygen atoms in total. The lowest BCUT2D eigenvalue weighted by molar-refractivity contribution is -0.136. The van der Waals surface area contributed by atoms with E-state index in [1.807, 2.05) is 0 Å². The van der Waals surface area contributed by atoms with Crippen molar-refractivity contribution < 1.29 is 29.1 Å². The van der Waals surface area contributed by atoms with Crippen LogP contribution in [0.1, 0.15) is 35.8 Å². The van der Waals surface area contributed by atoms with Crippen molar-refractivity contribution in [2.75, 3.05) is 19.3 Å². The molecule has 0 saturated carbocycles. The second-order valence-corrected chi connectivity index (χ2v) is 7.14. The summed E-state index contributed by atoms with van der Waals surface area (Å²) < 4.78 is 9.83. The number of amides is 1. The van der Waals surface area contributed by atoms with Crippen LogP contribution in [0.4, 0.5) is 5.69 Å². The first kappa shape index (κ1) is 22.8. The van der Waals surface area contributed by atoms with Gasteiger partial charge in [0.1, 0.15) is 0 Å². The lowest BCUT2D eigenvalue weighted by atomic mass is 9.86. The van der Waals surface area contributed by atoms with Gasteiger partial charge in [-0.1, -0.05) is 36.4 Å². The Balaban J connectivity index is 2.12. The number of methoxy groups -OCH3 is 2. The topological polar surface area (TPSA) is 105 Å². The highest BCUT2D eigenvalue weighted by Crippen LogP contribution is 2.38. The molecule has 32 heavy (non-hydrogen) atoms. The average molecular weight is 436 g/mol. The van der Waals surface area contributed by atoms with Gasteiger partial charge in [-0.2, -0.15) is 5.06 Å². The van der Waals surface area contributed by atoms with Gasteiger partial charge in [0.25, 0.3) is 5.91 Å². The molecule has 0 bridgehead atoms. The lowest BCUT2D eigenvalue weighted by Crippen LogP contribution is -2.35. The van der Waals surface area contributed by atoms with Gasteiger partial charge in [0, 0.05) is 16.8 Å². The van der Waals surface area contributed by atoms with E-state index in [9.17, 15) is 19.6 Å². The van der Waals surface area contributed by atoms with Crippen molar-refractivity contribution in [1.29, 1.82) is 0 Å². The Hall–Kier alpha value is -3.91. The summed E-state index contributed by atoms with van der Waals surface area (Å²) in [6, 6.07) is 14.2. The number of anilines is 1. The molecule has 166 valence electrons. The highest BCUT2D eigenvalue weighted by molar-refractivity contribution is 6.05. The Morgan fingerprint density at radius 3 is 2.12 bits per heavy atom. The van der Waals surface area contributed by atoms with Gasteiger partial charge in [0.15, 0.2) is 0 Å². The molecule has 2 N–H and O–H groups in total. The Morgan fingerprint density at radius 2 is 1.50 bits per heavy atom. The molecule has 1 amide bonds. The van der Waals surface area contributed by atoms with E-state index >= 15 is 0 Å². The molecule has 3 rings (SSSR count). The van der Waals surface area contributed by atoms with E-state index in [2.05, 4.69) is 5.32 Å². The smallest absolute Gasteiger partial charge is 0.339 e. The van der Waals surface area contributed by atoms with Crippen molar-refractivity contribution in [2.45, 2.75) is 19.9 Å². The van der Waals surface area contributed by atoms with Crippen LogP contribution in [0.15, 0.2) is 77.0 Å². The van der Waals surface area contributed by atoms with Crippen molar-refractivity contribution in [2.24, 2.45) is 0 Å². The molecule has 0 aliphatic carbocycles. The van der Waals surface area contributed by atoms with E-state index in [1.54, 1.807) is 68.4 Å². The molecule has 0 fully saturated rings. The Kier molecular flexibility index (Phi) is 6.75. The van der Waals surface area contributed by atoms with Gasteiger partial charge in [0.2, 0.25) is 0 Å². The second kappa shape index (κ2) is 9.49. The fourth-order valence-corrected chi connectivity index (χ4v) is 3.75. The normalized spacial score (nSPS) is 15.7. The van der Waals surface area contributed by atoms with Crippen LogP contribution < -0.4 is 10.4 Å². The number of ether oxygens (including phenoxy) is 2. The third kappa shape index (κ3) is 4.13. The number of nitrogens with one attached hydrogen (secondary N) is 1. The number of carbonyl (C=O) groups is 3. The van der Waals surface area contributed by atoms with E-state index in [0.717, 1.165) is 0 Å². The predicted octanol–water partition coefficient (Wildman–Crippen LogP) is 3.30. The van der Waals surface area contributed by atoms with Crippen LogP contribution in [0.2, 0.25) is 0 Å². The quantitative estimate of drug-likeness (QED) is 0.421. The van der Waals surface area contributed by atoms with Crippen molar-refractivity contribution >= 4 is 23.5 Å². The molecule has 8 heteroatoms. The largest absolute Gasteiger partial charge is 0.466 e. The Bertz CT molecular complexity index is 1120. The van der Waals surface area contributed by atoms with Crippen molar-refractivity contribution in [3.05, 3.63) is 88.1 Å². The van der Waals surface area contributed by atoms with Crippen LogP contribution in [0.25, 0.3) is 0 Å². The number of hydrogen-bond acceptors (Lipinski definition) is 7. The number of para-hydroxylation sites is 1. The van der Waals surface area contributed by atoms with E-state index in [4.69, 9.17) is 9.47 Å². The maximum Gasteiger partial charge on any atom is 0.339 e. The summed E-state index contributed by atoms with van der Waals surface area (Å²) in [5.41, 5.74) is 2.20. The second-order valence-electron chi connectivity index (χ2n) is 7.14. The van der Waals surface area contributed by atoms with Crippen LogP contribution >= 0.6 is 0 Å². The number of hydroxylamine groups is 1. The molecule has 1 unspecified atom stereocenters. The summed E-state index contributed by atoms with van der Waals surface area (Å²) >= 11 is 0. The highest BCUT2D eigenvalue weighted by Gasteiger charge is 2.36. The number of esters is 2. The van der Waals surface area contributed by atoms with Crippen LogP contribution in [-0.4, -0.2) is 37.3 Å². The molecule has 1 aliphatic rings. The molecule has 1 atom stereocenters. The summed E-state index contributed by atoms with van der Waals surface area (Å²) in [4.78, 5) is 37.9. The zero-order valence-electron chi connectivity index (χ0n) is 18.2. The molecule has 0 saturated heterocycles. The number of benzene rings is 2. The van der Waals surface area contributed by atoms with E-state index in [1.165, 1.54) is 14.2 Å². The first-order valence-corrected chi connectivity index (χ1v) is 9.84. The van der Waals surface area contributed by atoms with Crippen LogP contribution in [0.5, 0.6) is 0 Å². The summed E-state index contributed by atoms with van der Waals surface area (Å²) in [5, 5.41) is 14.5. The van der Waals surface area contributed by atoms with Gasteiger partial charge in [-0.25, -0.2) is 9.59 Å². The van der Waals surface area contributed by atoms with Gasteiger partial charge in [-0.05, 0) is 37.6 Å². The van der Waals surface area contributed by atoms with Crippen molar-refractivity contribution in [1.82, 2.24) is 5.32 Å². The maximum atomic E-state index is 12.8. The fourth-order valence-electron chi connectivity index (χ4n) is 3.75. The van der Waals surface area contributed by atoms with E-state index in [0.29, 0.717) is 27.5 Å². The average Bonchev–Trinajstić information content (AvgIpc) is 2.82. The molecule has 2 aromatic carbocycles. The first-order valence-electron chi connectivity index (χ1n) is 9.84. The molecule has 1 heterocycles. The zero-order chi connectivity index (χ0) is 23.4. The van der Waals surface area contributed by atoms with Crippen LogP contribution in [-0.2, 0) is 19.1 Å². The Labute approximate surface area is 185 Å². The standard InChI is InChI=1S/C24H24N2O6/c1-14-19(23(28)31-3)15(2)25-21(20(14)24(29)32-4)17-12-8-9-13-18(17)26(30)22(27)16-10-6-5-7-11-16/h5-13,21,25,30H,1-4H3. The van der Waals surface area contributed by atoms with Gasteiger partial charge >= 0.3 is 11.9 Å². The van der Waals surface area contributed by atoms with Gasteiger partial charge in [-0.15, -0.1) is 0 Å². The first-order chi connectivity index (χ1) is 15.3. The minimum atomic E-state index is -0.787. The van der Waals surface area contributed by atoms with Crippen molar-refractivity contribution in [3.8, 4) is 0 Å².